The Kier molecular flexibility index (Phi) is 19.7. The maximum absolute atomic E-state index is 15.2. The maximum atomic E-state index is 15.2. The zero-order chi connectivity index (χ0) is 64.7. The quantitative estimate of drug-likeness (QED) is 0.0635. The van der Waals surface area contributed by atoms with Gasteiger partial charge in [0.15, 0.2) is 24.3 Å². The zero-order valence-electron chi connectivity index (χ0n) is 52.7. The van der Waals surface area contributed by atoms with Gasteiger partial charge in [-0.1, -0.05) is 69.7 Å². The minimum Gasteiger partial charge on any atom is -0.460 e. The van der Waals surface area contributed by atoms with Crippen LogP contribution in [0.4, 0.5) is 15.3 Å². The molecule has 9 aliphatic rings. The van der Waals surface area contributed by atoms with E-state index in [1.165, 1.54) is 54.6 Å². The lowest BCUT2D eigenvalue weighted by Gasteiger charge is -2.69. The van der Waals surface area contributed by atoms with Crippen LogP contribution in [0.5, 0.6) is 5.75 Å². The summed E-state index contributed by atoms with van der Waals surface area (Å²) in [4.78, 5) is 95.9. The van der Waals surface area contributed by atoms with Crippen LogP contribution in [-0.2, 0) is 60.7 Å². The largest absolute Gasteiger partial charge is 0.460 e. The molecule has 5 amide bonds. The molecule has 7 aliphatic carbocycles. The molecule has 14 atom stereocenters. The summed E-state index contributed by atoms with van der Waals surface area (Å²) < 4.78 is 36.6. The number of carbonyl (C=O) groups is 7. The Morgan fingerprint density at radius 3 is 2.27 bits per heavy atom. The van der Waals surface area contributed by atoms with Gasteiger partial charge >= 0.3 is 12.2 Å². The van der Waals surface area contributed by atoms with E-state index in [9.17, 15) is 49.2 Å². The fourth-order valence-electron chi connectivity index (χ4n) is 16.2. The molecular weight excluding hydrogens is 1160 g/mol. The van der Waals surface area contributed by atoms with E-state index in [4.69, 9.17) is 34.2 Å². The van der Waals surface area contributed by atoms with Crippen LogP contribution in [0.25, 0.3) is 0 Å². The predicted octanol–water partition coefficient (Wildman–Crippen LogP) is 3.99. The van der Waals surface area contributed by atoms with E-state index in [-0.39, 0.29) is 97.5 Å². The van der Waals surface area contributed by atoms with Crippen molar-refractivity contribution in [1.82, 2.24) is 25.8 Å². The first kappa shape index (κ1) is 66.6. The van der Waals surface area contributed by atoms with Crippen molar-refractivity contribution in [2.45, 2.75) is 185 Å². The third kappa shape index (κ3) is 13.6. The van der Waals surface area contributed by atoms with Crippen LogP contribution in [0, 0.1) is 34.0 Å². The Morgan fingerprint density at radius 2 is 1.58 bits per heavy atom. The van der Waals surface area contributed by atoms with Crippen molar-refractivity contribution in [3.05, 3.63) is 83.0 Å². The SMILES string of the molecule is CC(=O)N[C@@H](CCCCNC(C)C)C(=O)NCCC(=O)Nc1cc(COC(=O)N(C)CCN(C)C(=O)OCC(=O)[C@@]23O[C@H](c4ccc(CC56CC(N)(C5)C6)cc4)O[C@@H]2C[C@H]2[C@@H]4CCC5=CC(=O)C=C[C@]5(C)[C@H]4[C@@H](O)C[C@@]23C)ccc1O[C@@H]1OC[C@@H](O)[C@H](O)[C@H]1O. The standard InChI is InChI=1S/C66H91N7O17/c1-37(2)68-22-9-8-10-46(70-38(3)74)57(82)69-23-20-53(79)71-47-26-40(13-18-50(47)88-59-56(81)55(80)49(77)32-85-59)31-86-60(83)72(6)24-25-73(7)61(84)87-33-51(78)66-52(89-58(90-66)41-14-11-39(12-15-41)29-64-34-65(67,35-64)36-64)28-45-44-17-16-42-27-43(75)19-21-62(42,4)54(44)48(76)30-63(45,66)5/h11-15,18-19,21,26-27,37,44-46,48-49,52,54-56,58-59,68,76-77,80-81H,8-10,16-17,20,22-25,28-36,67H2,1-7H3,(H,69,82)(H,70,74)(H,71,79)/t44-,45-,46-,48-,49+,52+,54+,55-,56+,58+,59-,62-,63-,64?,65?,66+/m0/s1. The fourth-order valence-corrected chi connectivity index (χ4v) is 16.2. The molecule has 2 aromatic carbocycles. The number of rotatable bonds is 25. The fraction of sp³-hybridized carbons (Fsp3) is 0.652. The van der Waals surface area contributed by atoms with Gasteiger partial charge in [0.1, 0.15) is 36.7 Å². The highest BCUT2D eigenvalue weighted by atomic mass is 16.7. The highest BCUT2D eigenvalue weighted by Gasteiger charge is 2.76. The predicted molar refractivity (Wildman–Crippen MR) is 326 cm³/mol. The van der Waals surface area contributed by atoms with Crippen LogP contribution in [0.2, 0.25) is 0 Å². The summed E-state index contributed by atoms with van der Waals surface area (Å²) in [6, 6.07) is 12.0. The number of ketones is 2. The van der Waals surface area contributed by atoms with Crippen molar-refractivity contribution in [3.8, 4) is 5.75 Å². The van der Waals surface area contributed by atoms with Crippen molar-refractivity contribution in [2.75, 3.05) is 58.8 Å². The molecule has 2 heterocycles. The molecule has 2 saturated heterocycles. The number of hydrogen-bond donors (Lipinski definition) is 9. The van der Waals surface area contributed by atoms with Crippen LogP contribution in [0.15, 0.2) is 66.3 Å². The second-order valence-corrected chi connectivity index (χ2v) is 27.6. The smallest absolute Gasteiger partial charge is 0.409 e. The Bertz CT molecular complexity index is 3080. The third-order valence-electron chi connectivity index (χ3n) is 20.6. The number of carbonyl (C=O) groups excluding carboxylic acids is 7. The number of unbranched alkanes of at least 4 members (excludes halogenated alkanes) is 1. The number of hydrogen-bond acceptors (Lipinski definition) is 19. The average molecular weight is 1250 g/mol. The highest BCUT2D eigenvalue weighted by molar-refractivity contribution is 6.01. The lowest BCUT2D eigenvalue weighted by atomic mass is 9.38. The number of nitrogens with one attached hydrogen (secondary N) is 4. The number of allylic oxidation sites excluding steroid dienone is 4. The van der Waals surface area contributed by atoms with Crippen LogP contribution in [-0.4, -0.2) is 185 Å². The van der Waals surface area contributed by atoms with Gasteiger partial charge < -0.3 is 85.6 Å². The third-order valence-corrected chi connectivity index (χ3v) is 20.6. The van der Waals surface area contributed by atoms with Crippen LogP contribution in [0.1, 0.15) is 128 Å². The molecule has 8 fully saturated rings. The van der Waals surface area contributed by atoms with E-state index >= 15 is 4.79 Å². The van der Waals surface area contributed by atoms with Crippen molar-refractivity contribution in [3.63, 3.8) is 0 Å². The molecule has 492 valence electrons. The minimum absolute atomic E-state index is 0.00182. The molecule has 90 heavy (non-hydrogen) atoms. The van der Waals surface area contributed by atoms with Crippen LogP contribution in [0.3, 0.4) is 0 Å². The number of nitrogens with two attached hydrogens (primary N) is 1. The summed E-state index contributed by atoms with van der Waals surface area (Å²) in [5.41, 5.74) is 6.91. The normalized spacial score (nSPS) is 33.7. The number of fused-ring (bicyclic) bond motifs is 7. The van der Waals surface area contributed by atoms with Crippen molar-refractivity contribution in [2.24, 2.45) is 39.7 Å². The lowest BCUT2D eigenvalue weighted by molar-refractivity contribution is -0.241. The summed E-state index contributed by atoms with van der Waals surface area (Å²) in [6.45, 7) is 8.78. The minimum atomic E-state index is -1.66. The van der Waals surface area contributed by atoms with E-state index in [0.29, 0.717) is 43.7 Å². The second-order valence-electron chi connectivity index (χ2n) is 27.6. The molecule has 10 N–H and O–H groups in total. The van der Waals surface area contributed by atoms with Gasteiger partial charge in [0, 0.05) is 81.0 Å². The summed E-state index contributed by atoms with van der Waals surface area (Å²) >= 11 is 0. The van der Waals surface area contributed by atoms with E-state index in [0.717, 1.165) is 49.8 Å². The number of aliphatic hydroxyl groups excluding tert-OH is 4. The summed E-state index contributed by atoms with van der Waals surface area (Å²) in [6.07, 6.45) is 2.79. The number of Topliss-reactive ketones (excluding diaryl/α,β-unsaturated/α-hetero) is 1. The Balaban J connectivity index is 0.750. The van der Waals surface area contributed by atoms with Gasteiger partial charge in [0.05, 0.1) is 24.5 Å². The average Bonchev–Trinajstić information content (AvgIpc) is 1.35. The molecule has 6 saturated carbocycles. The number of anilines is 1. The van der Waals surface area contributed by atoms with E-state index in [1.807, 2.05) is 39.0 Å². The van der Waals surface area contributed by atoms with Gasteiger partial charge in [-0.25, -0.2) is 9.59 Å². The van der Waals surface area contributed by atoms with Gasteiger partial charge in [-0.3, -0.25) is 24.0 Å². The summed E-state index contributed by atoms with van der Waals surface area (Å²) in [7, 11) is 2.94. The highest BCUT2D eigenvalue weighted by Crippen LogP contribution is 2.71. The summed E-state index contributed by atoms with van der Waals surface area (Å²) in [5, 5.41) is 54.7. The van der Waals surface area contributed by atoms with Crippen molar-refractivity contribution >= 4 is 47.2 Å². The first-order valence-corrected chi connectivity index (χ1v) is 31.8. The number of aliphatic hydroxyl groups is 4. The molecular formula is C66H91N7O17. The van der Waals surface area contributed by atoms with Gasteiger partial charge in [-0.15, -0.1) is 0 Å². The molecule has 2 bridgehead atoms. The molecule has 0 spiro atoms. The van der Waals surface area contributed by atoms with E-state index in [2.05, 4.69) is 40.3 Å². The second kappa shape index (κ2) is 26.7. The first-order valence-electron chi connectivity index (χ1n) is 31.8. The topological polar surface area (TPSA) is 336 Å². The Labute approximate surface area is 525 Å². The molecule has 0 unspecified atom stereocenters. The molecule has 11 rings (SSSR count). The Hall–Kier alpha value is -6.35. The lowest BCUT2D eigenvalue weighted by Crippen LogP contribution is -2.72. The van der Waals surface area contributed by atoms with Crippen LogP contribution >= 0.6 is 0 Å². The molecule has 0 aromatic heterocycles. The van der Waals surface area contributed by atoms with Gasteiger partial charge in [-0.05, 0) is 130 Å². The summed E-state index contributed by atoms with van der Waals surface area (Å²) in [5.74, 6) is -2.31. The first-order chi connectivity index (χ1) is 42.6. The maximum Gasteiger partial charge on any atom is 0.409 e. The molecule has 24 nitrogen and oxygen atoms in total. The van der Waals surface area contributed by atoms with Gasteiger partial charge in [0.2, 0.25) is 29.8 Å². The number of likely N-dealkylation sites (N-methyl/N-ethyl adjacent to an activating group) is 2. The van der Waals surface area contributed by atoms with Gasteiger partial charge in [-0.2, -0.15) is 0 Å². The van der Waals surface area contributed by atoms with E-state index < -0.39 is 102 Å². The zero-order valence-corrected chi connectivity index (χ0v) is 52.7. The number of benzene rings is 2. The molecule has 2 aromatic rings. The van der Waals surface area contributed by atoms with Gasteiger partial charge in [0.25, 0.3) is 0 Å². The molecule has 0 radical (unpaired) electrons. The monoisotopic (exact) mass is 1250 g/mol. The number of ether oxygens (including phenoxy) is 6. The molecule has 2 aliphatic heterocycles. The molecule has 24 heteroatoms. The Morgan fingerprint density at radius 1 is 0.878 bits per heavy atom. The van der Waals surface area contributed by atoms with Crippen molar-refractivity contribution in [1.29, 1.82) is 0 Å². The number of nitrogens with zero attached hydrogens (tertiary/aromatic N) is 2. The van der Waals surface area contributed by atoms with E-state index in [1.54, 1.807) is 12.2 Å². The number of amides is 5. The van der Waals surface area contributed by atoms with Crippen molar-refractivity contribution < 1.29 is 82.4 Å². The van der Waals surface area contributed by atoms with Crippen LogP contribution < -0.4 is 31.7 Å².